The van der Waals surface area contributed by atoms with Gasteiger partial charge in [-0.15, -0.1) is 0 Å². The third-order valence-electron chi connectivity index (χ3n) is 7.64. The quantitative estimate of drug-likeness (QED) is 0.142. The van der Waals surface area contributed by atoms with Crippen LogP contribution in [0.4, 0.5) is 0 Å². The Labute approximate surface area is 298 Å². The van der Waals surface area contributed by atoms with Crippen LogP contribution in [0.25, 0.3) is 0 Å². The Morgan fingerprint density at radius 1 is 0.708 bits per heavy atom. The van der Waals surface area contributed by atoms with Crippen LogP contribution in [0.2, 0.25) is 71.5 Å². The van der Waals surface area contributed by atoms with Gasteiger partial charge >= 0.3 is 67.6 Å². The van der Waals surface area contributed by atoms with E-state index < -0.39 is 95.1 Å². The fourth-order valence-corrected chi connectivity index (χ4v) is 48.9. The first-order valence-electron chi connectivity index (χ1n) is 16.4. The maximum Gasteiger partial charge on any atom is 0.475 e. The third kappa shape index (κ3) is 11.2. The van der Waals surface area contributed by atoms with Crippen LogP contribution >= 0.6 is 0 Å². The highest BCUT2D eigenvalue weighted by Gasteiger charge is 2.73. The van der Waals surface area contributed by atoms with Crippen LogP contribution in [0.5, 0.6) is 0 Å². The van der Waals surface area contributed by atoms with Gasteiger partial charge in [0.15, 0.2) is 8.32 Å². The molecule has 0 amide bonds. The van der Waals surface area contributed by atoms with Gasteiger partial charge < -0.3 is 58.5 Å². The van der Waals surface area contributed by atoms with E-state index in [2.05, 4.69) is 19.6 Å². The van der Waals surface area contributed by atoms with Crippen molar-refractivity contribution >= 4 is 101 Å². The van der Waals surface area contributed by atoms with Gasteiger partial charge in [-0.1, -0.05) is 6.55 Å². The van der Waals surface area contributed by atoms with E-state index in [9.17, 15) is 9.59 Å². The monoisotopic (exact) mass is 854 g/mol. The van der Waals surface area contributed by atoms with Gasteiger partial charge in [0.05, 0.1) is 12.0 Å². The Hall–Kier alpha value is 0.789. The van der Waals surface area contributed by atoms with Crippen molar-refractivity contribution < 1.29 is 68.1 Å². The van der Waals surface area contributed by atoms with Crippen molar-refractivity contribution in [2.75, 3.05) is 13.2 Å². The summed E-state index contributed by atoms with van der Waals surface area (Å²) in [7, 11) is -29.7. The summed E-state index contributed by atoms with van der Waals surface area (Å²) >= 11 is 0. The van der Waals surface area contributed by atoms with Crippen molar-refractivity contribution in [2.45, 2.75) is 111 Å². The minimum absolute atomic E-state index is 0.0672. The van der Waals surface area contributed by atoms with E-state index in [0.717, 1.165) is 0 Å². The molecule has 0 aromatic carbocycles. The minimum atomic E-state index is -3.72. The van der Waals surface area contributed by atoms with Crippen LogP contribution < -0.4 is 0 Å². The van der Waals surface area contributed by atoms with Crippen molar-refractivity contribution in [1.29, 1.82) is 0 Å². The van der Waals surface area contributed by atoms with Crippen LogP contribution in [0, 0.1) is 5.41 Å². The van der Waals surface area contributed by atoms with Crippen LogP contribution in [0.1, 0.15) is 39.5 Å². The SMILES string of the molecule is C[SiH2]O[Si]1(CCCOC(=O)C(C)(C)CCC(=O)CCO[Si](C)(C)C)O[Si]2(C)O[Si]3(C)O[SiH2]O[Si]4(C)O[Si](C)(O3)O[Si](C)(O2)O[Si](C)(O4)O1. The fourth-order valence-electron chi connectivity index (χ4n) is 5.85. The summed E-state index contributed by atoms with van der Waals surface area (Å²) in [5, 5.41) is 0. The molecule has 16 nitrogen and oxygen atoms in total. The molecule has 4 atom stereocenters. The standard InChI is InChI=1S/C22H54O16Si10/c1-22(2,16-14-20(23)15-18-26-41(4,5)6)21(24)25-17-13-19-48(27-39-3)37-46(11)32-42(7)28-40-29-43(8)31-44(9,30-42)34-45(10,35-46)36-47(12,33-43)38-48/h13-19,39-40H2,1-12H3. The normalized spacial score (nSPS) is 41.0. The fraction of sp³-hybridized carbons (Fsp3) is 0.909. The third-order valence-corrected chi connectivity index (χ3v) is 43.9. The summed E-state index contributed by atoms with van der Waals surface area (Å²) in [6.07, 6.45) is 1.35. The highest BCUT2D eigenvalue weighted by molar-refractivity contribution is 6.98. The topological polar surface area (TPSA) is 163 Å². The molecule has 0 spiro atoms. The van der Waals surface area contributed by atoms with Gasteiger partial charge in [-0.05, 0) is 46.3 Å². The van der Waals surface area contributed by atoms with E-state index in [1.807, 2.05) is 6.55 Å². The van der Waals surface area contributed by atoms with E-state index >= 15 is 0 Å². The second-order valence-corrected chi connectivity index (χ2v) is 42.8. The van der Waals surface area contributed by atoms with Crippen LogP contribution in [-0.4, -0.2) is 115 Å². The summed E-state index contributed by atoms with van der Waals surface area (Å²) in [6, 6.07) is 0.266. The van der Waals surface area contributed by atoms with Gasteiger partial charge in [-0.25, -0.2) is 0 Å². The molecular formula is C22H54O16Si10. The largest absolute Gasteiger partial charge is 0.475 e. The predicted molar refractivity (Wildman–Crippen MR) is 194 cm³/mol. The van der Waals surface area contributed by atoms with Crippen molar-refractivity contribution in [1.82, 2.24) is 0 Å². The number of carbonyl (C=O) groups excluding carboxylic acids is 2. The molecule has 4 unspecified atom stereocenters. The van der Waals surface area contributed by atoms with Gasteiger partial charge in [-0.3, -0.25) is 9.59 Å². The Balaban J connectivity index is 1.48. The molecule has 4 saturated heterocycles. The van der Waals surface area contributed by atoms with E-state index in [4.69, 9.17) is 58.5 Å². The molecule has 0 radical (unpaired) electrons. The van der Waals surface area contributed by atoms with Gasteiger partial charge in [0.1, 0.15) is 15.5 Å². The molecule has 4 fully saturated rings. The molecule has 6 bridgehead atoms. The molecule has 4 aliphatic heterocycles. The number of rotatable bonds is 14. The molecule has 4 heterocycles. The summed E-state index contributed by atoms with van der Waals surface area (Å²) in [4.78, 5) is 25.6. The van der Waals surface area contributed by atoms with Crippen molar-refractivity contribution in [3.8, 4) is 0 Å². The molecule has 0 N–H and O–H groups in total. The smallest absolute Gasteiger partial charge is 0.465 e. The lowest BCUT2D eigenvalue weighted by atomic mass is 9.87. The van der Waals surface area contributed by atoms with Crippen molar-refractivity contribution in [3.63, 3.8) is 0 Å². The zero-order valence-electron chi connectivity index (χ0n) is 30.4. The summed E-state index contributed by atoms with van der Waals surface area (Å²) in [5.74, 6) is -0.321. The second kappa shape index (κ2) is 14.9. The average Bonchev–Trinajstić information content (AvgIpc) is 2.84. The number of carbonyl (C=O) groups is 2. The molecule has 26 heteroatoms. The lowest BCUT2D eigenvalue weighted by molar-refractivity contribution is -0.154. The van der Waals surface area contributed by atoms with Crippen LogP contribution in [0.3, 0.4) is 0 Å². The van der Waals surface area contributed by atoms with E-state index in [-0.39, 0.29) is 30.8 Å². The molecule has 0 aromatic heterocycles. The van der Waals surface area contributed by atoms with Gasteiger partial charge in [-0.2, -0.15) is 0 Å². The lowest BCUT2D eigenvalue weighted by Crippen LogP contribution is -2.81. The first-order chi connectivity index (χ1) is 21.9. The van der Waals surface area contributed by atoms with Gasteiger partial charge in [0, 0.05) is 64.8 Å². The number of fused-ring (bicyclic) bond motifs is 4. The van der Waals surface area contributed by atoms with Crippen LogP contribution in [-0.2, 0) is 68.1 Å². The maximum absolute atomic E-state index is 13.1. The highest BCUT2D eigenvalue weighted by Crippen LogP contribution is 2.44. The molecule has 0 saturated carbocycles. The predicted octanol–water partition coefficient (Wildman–Crippen LogP) is 2.27. The first kappa shape index (κ1) is 41.5. The highest BCUT2D eigenvalue weighted by atomic mass is 28.6. The Morgan fingerprint density at radius 2 is 1.17 bits per heavy atom. The van der Waals surface area contributed by atoms with Crippen molar-refractivity contribution in [2.24, 2.45) is 5.41 Å². The van der Waals surface area contributed by atoms with Crippen molar-refractivity contribution in [3.05, 3.63) is 0 Å². The average molecular weight is 856 g/mol. The number of hydrogen-bond acceptors (Lipinski definition) is 16. The number of esters is 1. The zero-order chi connectivity index (χ0) is 35.9. The van der Waals surface area contributed by atoms with Gasteiger partial charge in [0.25, 0.3) is 10.0 Å². The number of Topliss-reactive ketones (excluding diaryl/α,β-unsaturated/α-hetero) is 1. The maximum atomic E-state index is 13.1. The Kier molecular flexibility index (Phi) is 12.9. The molecule has 278 valence electrons. The second-order valence-electron chi connectivity index (χ2n) is 14.5. The lowest BCUT2D eigenvalue weighted by Gasteiger charge is -2.56. The number of ether oxygens (including phenoxy) is 1. The molecule has 4 rings (SSSR count). The summed E-state index contributed by atoms with van der Waals surface area (Å²) in [5.41, 5.74) is -0.847. The van der Waals surface area contributed by atoms with E-state index in [1.165, 1.54) is 0 Å². The minimum Gasteiger partial charge on any atom is -0.465 e. The van der Waals surface area contributed by atoms with E-state index in [1.54, 1.807) is 53.1 Å². The van der Waals surface area contributed by atoms with E-state index in [0.29, 0.717) is 25.9 Å². The summed E-state index contributed by atoms with van der Waals surface area (Å²) in [6.45, 7) is 22.7. The molecule has 0 aromatic rings. The Morgan fingerprint density at radius 3 is 1.62 bits per heavy atom. The molecule has 4 aliphatic rings. The summed E-state index contributed by atoms with van der Waals surface area (Å²) < 4.78 is 90.4. The first-order valence-corrected chi connectivity index (χ1v) is 38.3. The zero-order valence-corrected chi connectivity index (χ0v) is 41.2. The number of hydrogen-bond donors (Lipinski definition) is 0. The van der Waals surface area contributed by atoms with Gasteiger partial charge in [0.2, 0.25) is 0 Å². The molecule has 48 heavy (non-hydrogen) atoms. The van der Waals surface area contributed by atoms with Crippen LogP contribution in [0.15, 0.2) is 0 Å². The molecular weight excluding hydrogens is 801 g/mol. The Bertz CT molecular complexity index is 1160. The number of ketones is 1. The molecule has 0 aliphatic carbocycles.